The largest absolute Gasteiger partial charge is 0.618 e. The number of rotatable bonds is 0. The minimum atomic E-state index is -0.363. The number of aromatic nitrogens is 1. The lowest BCUT2D eigenvalue weighted by Crippen LogP contribution is -2.25. The third-order valence-corrected chi connectivity index (χ3v) is 1.75. The van der Waals surface area contributed by atoms with Gasteiger partial charge in [0.15, 0.2) is 6.20 Å². The zero-order chi connectivity index (χ0) is 8.55. The molecule has 0 spiro atoms. The van der Waals surface area contributed by atoms with Crippen molar-refractivity contribution in [3.8, 4) is 0 Å². The van der Waals surface area contributed by atoms with Crippen molar-refractivity contribution < 1.29 is 9.12 Å². The molecule has 0 unspecified atom stereocenters. The molecule has 0 N–H and O–H groups in total. The van der Waals surface area contributed by atoms with Crippen LogP contribution in [-0.2, 0) is 0 Å². The Morgan fingerprint density at radius 2 is 2.00 bits per heavy atom. The van der Waals surface area contributed by atoms with Crippen molar-refractivity contribution in [2.75, 3.05) is 0 Å². The number of fused-ring (bicyclic) bond motifs is 1. The summed E-state index contributed by atoms with van der Waals surface area (Å²) >= 11 is 0. The SMILES string of the molecule is [O-][n+]1cccc2c(F)cccc21. The lowest BCUT2D eigenvalue weighted by Gasteiger charge is -2.00. The average molecular weight is 163 g/mol. The Morgan fingerprint density at radius 3 is 2.75 bits per heavy atom. The van der Waals surface area contributed by atoms with Crippen molar-refractivity contribution in [3.05, 3.63) is 47.6 Å². The molecule has 1 aromatic heterocycles. The van der Waals surface area contributed by atoms with E-state index in [1.807, 2.05) is 0 Å². The highest BCUT2D eigenvalue weighted by Crippen LogP contribution is 2.12. The van der Waals surface area contributed by atoms with Crippen LogP contribution in [0.4, 0.5) is 4.39 Å². The van der Waals surface area contributed by atoms with E-state index in [9.17, 15) is 9.60 Å². The minimum Gasteiger partial charge on any atom is -0.618 e. The van der Waals surface area contributed by atoms with E-state index in [0.717, 1.165) is 0 Å². The Morgan fingerprint density at radius 1 is 1.17 bits per heavy atom. The maximum absolute atomic E-state index is 13.0. The van der Waals surface area contributed by atoms with Crippen molar-refractivity contribution >= 4 is 10.9 Å². The van der Waals surface area contributed by atoms with Crippen LogP contribution in [0, 0.1) is 11.0 Å². The van der Waals surface area contributed by atoms with Crippen LogP contribution in [0.2, 0.25) is 0 Å². The molecular formula is C9H6FNO. The highest BCUT2D eigenvalue weighted by atomic mass is 19.1. The third-order valence-electron chi connectivity index (χ3n) is 1.75. The molecule has 3 heteroatoms. The van der Waals surface area contributed by atoms with Gasteiger partial charge in [0.25, 0.3) is 0 Å². The van der Waals surface area contributed by atoms with Crippen LogP contribution in [0.5, 0.6) is 0 Å². The summed E-state index contributed by atoms with van der Waals surface area (Å²) in [6, 6.07) is 7.55. The second-order valence-corrected chi connectivity index (χ2v) is 2.51. The first-order valence-electron chi connectivity index (χ1n) is 3.55. The number of hydrogen-bond donors (Lipinski definition) is 0. The lowest BCUT2D eigenvalue weighted by molar-refractivity contribution is -0.577. The quantitative estimate of drug-likeness (QED) is 0.428. The van der Waals surface area contributed by atoms with E-state index in [1.54, 1.807) is 12.1 Å². The fourth-order valence-electron chi connectivity index (χ4n) is 1.18. The van der Waals surface area contributed by atoms with E-state index >= 15 is 0 Å². The molecule has 2 rings (SSSR count). The van der Waals surface area contributed by atoms with Gasteiger partial charge in [-0.3, -0.25) is 0 Å². The van der Waals surface area contributed by atoms with Crippen LogP contribution in [0.15, 0.2) is 36.5 Å². The molecule has 2 aromatic rings. The maximum atomic E-state index is 13.0. The van der Waals surface area contributed by atoms with Crippen molar-refractivity contribution in [2.24, 2.45) is 0 Å². The summed E-state index contributed by atoms with van der Waals surface area (Å²) in [4.78, 5) is 0. The molecule has 0 atom stereocenters. The third kappa shape index (κ3) is 0.906. The number of nitrogens with zero attached hydrogens (tertiary/aromatic N) is 1. The Bertz CT molecular complexity index is 387. The van der Waals surface area contributed by atoms with Crippen molar-refractivity contribution in [1.82, 2.24) is 0 Å². The van der Waals surface area contributed by atoms with Crippen LogP contribution >= 0.6 is 0 Å². The first-order chi connectivity index (χ1) is 5.79. The zero-order valence-electron chi connectivity index (χ0n) is 6.20. The van der Waals surface area contributed by atoms with Gasteiger partial charge >= 0.3 is 0 Å². The number of halogens is 1. The van der Waals surface area contributed by atoms with E-state index in [4.69, 9.17) is 0 Å². The molecule has 2 nitrogen and oxygen atoms in total. The summed E-state index contributed by atoms with van der Waals surface area (Å²) in [5, 5.41) is 11.4. The van der Waals surface area contributed by atoms with Gasteiger partial charge in [-0.2, -0.15) is 4.73 Å². The zero-order valence-corrected chi connectivity index (χ0v) is 6.20. The summed E-state index contributed by atoms with van der Waals surface area (Å²) in [6.45, 7) is 0. The van der Waals surface area contributed by atoms with Crippen molar-refractivity contribution in [2.45, 2.75) is 0 Å². The fourth-order valence-corrected chi connectivity index (χ4v) is 1.18. The Kier molecular flexibility index (Phi) is 1.43. The molecule has 1 heterocycles. The molecule has 0 radical (unpaired) electrons. The van der Waals surface area contributed by atoms with E-state index in [-0.39, 0.29) is 5.82 Å². The predicted octanol–water partition coefficient (Wildman–Crippen LogP) is 1.61. The molecule has 60 valence electrons. The van der Waals surface area contributed by atoms with E-state index < -0.39 is 0 Å². The second-order valence-electron chi connectivity index (χ2n) is 2.51. The van der Waals surface area contributed by atoms with Gasteiger partial charge in [0, 0.05) is 12.1 Å². The number of pyridine rings is 1. The fraction of sp³-hybridized carbons (Fsp3) is 0. The molecule has 1 aromatic carbocycles. The van der Waals surface area contributed by atoms with Gasteiger partial charge in [0.1, 0.15) is 5.82 Å². The Hall–Kier alpha value is -1.64. The first kappa shape index (κ1) is 7.03. The summed E-state index contributed by atoms with van der Waals surface area (Å²) in [5.41, 5.74) is 0.359. The molecule has 0 aliphatic rings. The molecule has 0 fully saturated rings. The van der Waals surface area contributed by atoms with Gasteiger partial charge in [0.2, 0.25) is 5.52 Å². The summed E-state index contributed by atoms with van der Waals surface area (Å²) < 4.78 is 13.7. The predicted molar refractivity (Wildman–Crippen MR) is 42.9 cm³/mol. The Balaban J connectivity index is 2.94. The highest BCUT2D eigenvalue weighted by Gasteiger charge is 2.05. The molecule has 0 saturated heterocycles. The molecule has 12 heavy (non-hydrogen) atoms. The number of hydrogen-bond acceptors (Lipinski definition) is 1. The molecular weight excluding hydrogens is 157 g/mol. The van der Waals surface area contributed by atoms with Gasteiger partial charge in [-0.15, -0.1) is 0 Å². The van der Waals surface area contributed by atoms with Gasteiger partial charge < -0.3 is 5.21 Å². The van der Waals surface area contributed by atoms with Crippen LogP contribution in [0.1, 0.15) is 0 Å². The summed E-state index contributed by atoms with van der Waals surface area (Å²) in [5.74, 6) is -0.363. The normalized spacial score (nSPS) is 10.4. The summed E-state index contributed by atoms with van der Waals surface area (Å²) in [6.07, 6.45) is 1.35. The van der Waals surface area contributed by atoms with Gasteiger partial charge in [-0.25, -0.2) is 4.39 Å². The van der Waals surface area contributed by atoms with Gasteiger partial charge in [-0.05, 0) is 12.1 Å². The van der Waals surface area contributed by atoms with Crippen molar-refractivity contribution in [3.63, 3.8) is 0 Å². The molecule has 0 saturated carbocycles. The van der Waals surface area contributed by atoms with Crippen LogP contribution in [0.25, 0.3) is 10.9 Å². The molecule has 0 bridgehead atoms. The number of benzene rings is 1. The van der Waals surface area contributed by atoms with Gasteiger partial charge in [0.05, 0.1) is 5.39 Å². The molecule has 0 aliphatic heterocycles. The average Bonchev–Trinajstić information content (AvgIpc) is 2.07. The molecule has 0 amide bonds. The molecule has 0 aliphatic carbocycles. The lowest BCUT2D eigenvalue weighted by atomic mass is 10.2. The first-order valence-corrected chi connectivity index (χ1v) is 3.55. The van der Waals surface area contributed by atoms with Gasteiger partial charge in [-0.1, -0.05) is 6.07 Å². The second kappa shape index (κ2) is 2.44. The smallest absolute Gasteiger partial charge is 0.226 e. The van der Waals surface area contributed by atoms with Crippen LogP contribution in [-0.4, -0.2) is 0 Å². The Labute approximate surface area is 68.5 Å². The van der Waals surface area contributed by atoms with Crippen LogP contribution < -0.4 is 4.73 Å². The topological polar surface area (TPSA) is 26.9 Å². The maximum Gasteiger partial charge on any atom is 0.226 e. The summed E-state index contributed by atoms with van der Waals surface area (Å²) in [7, 11) is 0. The van der Waals surface area contributed by atoms with E-state index in [2.05, 4.69) is 0 Å². The minimum absolute atomic E-state index is 0.356. The standard InChI is InChI=1S/C9H6FNO/c10-8-4-1-5-9-7(8)3-2-6-11(9)12/h1-6H. The monoisotopic (exact) mass is 163 g/mol. The van der Waals surface area contributed by atoms with Crippen LogP contribution in [0.3, 0.4) is 0 Å². The van der Waals surface area contributed by atoms with Crippen molar-refractivity contribution in [1.29, 1.82) is 0 Å². The van der Waals surface area contributed by atoms with E-state index in [0.29, 0.717) is 15.6 Å². The van der Waals surface area contributed by atoms with E-state index in [1.165, 1.54) is 24.4 Å². The highest BCUT2D eigenvalue weighted by molar-refractivity contribution is 5.75.